The van der Waals surface area contributed by atoms with E-state index in [-0.39, 0.29) is 23.7 Å². The smallest absolute Gasteiger partial charge is 0.339 e. The number of carbonyl (C=O) groups is 1. The summed E-state index contributed by atoms with van der Waals surface area (Å²) in [6.45, 7) is -0.148. The molecule has 0 aliphatic heterocycles. The molecule has 0 aliphatic carbocycles. The van der Waals surface area contributed by atoms with Gasteiger partial charge in [-0.05, 0) is 17.7 Å². The zero-order valence-electron chi connectivity index (χ0n) is 10.7. The molecule has 0 saturated heterocycles. The van der Waals surface area contributed by atoms with Crippen molar-refractivity contribution in [1.29, 1.82) is 0 Å². The Kier molecular flexibility index (Phi) is 6.55. The van der Waals surface area contributed by atoms with Crippen molar-refractivity contribution in [3.8, 4) is 0 Å². The number of esters is 1. The zero-order chi connectivity index (χ0) is 16.0. The Morgan fingerprint density at radius 2 is 2.05 bits per heavy atom. The molecule has 118 valence electrons. The molecule has 0 atom stereocenters. The number of halogens is 1. The van der Waals surface area contributed by atoms with Crippen LogP contribution >= 0.6 is 10.7 Å². The summed E-state index contributed by atoms with van der Waals surface area (Å²) in [5.74, 6) is -0.833. The minimum Gasteiger partial charge on any atom is -0.465 e. The second-order valence-corrected chi connectivity index (χ2v) is 6.92. The van der Waals surface area contributed by atoms with Crippen LogP contribution in [0.25, 0.3) is 0 Å². The van der Waals surface area contributed by atoms with Crippen molar-refractivity contribution < 1.29 is 30.6 Å². The third kappa shape index (κ3) is 5.59. The average molecular weight is 358 g/mol. The number of ether oxygens (including phenoxy) is 1. The van der Waals surface area contributed by atoms with Crippen molar-refractivity contribution in [3.63, 3.8) is 0 Å². The molecule has 1 aromatic rings. The van der Waals surface area contributed by atoms with Crippen LogP contribution in [0.2, 0.25) is 0 Å². The lowest BCUT2D eigenvalue weighted by Gasteiger charge is -2.08. The van der Waals surface area contributed by atoms with Crippen LogP contribution in [0.5, 0.6) is 0 Å². The number of carbonyl (C=O) groups excluding carboxylic acids is 1. The number of rotatable bonds is 7. The van der Waals surface area contributed by atoms with Crippen LogP contribution in [-0.2, 0) is 35.5 Å². The highest BCUT2D eigenvalue weighted by Gasteiger charge is 2.21. The molecule has 0 fully saturated rings. The van der Waals surface area contributed by atoms with E-state index in [4.69, 9.17) is 10.7 Å². The summed E-state index contributed by atoms with van der Waals surface area (Å²) in [5, 5.41) is 2.61. The first-order valence-corrected chi connectivity index (χ1v) is 8.80. The molecular weight excluding hydrogens is 346 g/mol. The van der Waals surface area contributed by atoms with Gasteiger partial charge in [0.1, 0.15) is 6.73 Å². The van der Waals surface area contributed by atoms with E-state index in [0.717, 1.165) is 7.11 Å². The molecule has 0 saturated carbocycles. The molecule has 0 amide bonds. The molecule has 1 N–H and O–H groups in total. The zero-order valence-corrected chi connectivity index (χ0v) is 13.2. The highest BCUT2D eigenvalue weighted by Crippen LogP contribution is 2.22. The van der Waals surface area contributed by atoms with Crippen LogP contribution in [0.1, 0.15) is 15.9 Å². The number of nitrogens with one attached hydrogen (secondary N) is 1. The number of methoxy groups -OCH3 is 1. The summed E-state index contributed by atoms with van der Waals surface area (Å²) in [7, 11) is -0.708. The molecule has 11 heteroatoms. The Hall–Kier alpha value is -1.20. The molecule has 8 nitrogen and oxygen atoms in total. The van der Waals surface area contributed by atoms with Gasteiger partial charge in [0.25, 0.3) is 20.0 Å². The van der Waals surface area contributed by atoms with Gasteiger partial charge in [-0.2, -0.15) is 0 Å². The van der Waals surface area contributed by atoms with Crippen molar-refractivity contribution in [2.24, 2.45) is 0 Å². The van der Waals surface area contributed by atoms with Gasteiger partial charge in [0, 0.05) is 17.2 Å². The number of hydrogen-bond acceptors (Lipinski definition) is 8. The summed E-state index contributed by atoms with van der Waals surface area (Å²) >= 11 is 0. The minimum atomic E-state index is -4.14. The Labute approximate surface area is 127 Å². The highest BCUT2D eigenvalue weighted by atomic mass is 35.7. The number of hydrogen-bond donors (Lipinski definition) is 2. The van der Waals surface area contributed by atoms with Gasteiger partial charge in [-0.3, -0.25) is 9.50 Å². The molecule has 1 aromatic carbocycles. The lowest BCUT2D eigenvalue weighted by Crippen LogP contribution is -2.17. The van der Waals surface area contributed by atoms with Crippen molar-refractivity contribution in [1.82, 2.24) is 5.32 Å². The number of benzene rings is 1. The summed E-state index contributed by atoms with van der Waals surface area (Å²) in [6, 6.07) is 3.92. The van der Waals surface area contributed by atoms with Gasteiger partial charge in [0.2, 0.25) is 0 Å². The second kappa shape index (κ2) is 7.71. The minimum absolute atomic E-state index is 0.115. The first kappa shape index (κ1) is 17.9. The van der Waals surface area contributed by atoms with Gasteiger partial charge in [0.05, 0.1) is 17.6 Å². The monoisotopic (exact) mass is 357 g/mol. The van der Waals surface area contributed by atoms with Crippen LogP contribution in [0, 0.1) is 0 Å². The van der Waals surface area contributed by atoms with Gasteiger partial charge in [-0.1, -0.05) is 6.07 Å². The fraction of sp³-hybridized carbons (Fsp3) is 0.300. The summed E-state index contributed by atoms with van der Waals surface area (Å²) < 4.78 is 52.0. The maximum absolute atomic E-state index is 11.5. The summed E-state index contributed by atoms with van der Waals surface area (Å²) in [5.41, 5.74) is 0.279. The molecular formula is C10H12ClNO7S2. The van der Waals surface area contributed by atoms with Gasteiger partial charge in [0.15, 0.2) is 0 Å². The first-order valence-electron chi connectivity index (χ1n) is 5.39. The Balaban J connectivity index is 2.97. The van der Waals surface area contributed by atoms with Gasteiger partial charge in [-0.15, -0.1) is 0 Å². The van der Waals surface area contributed by atoms with Gasteiger partial charge >= 0.3 is 5.97 Å². The summed E-state index contributed by atoms with van der Waals surface area (Å²) in [6.07, 6.45) is 0. The van der Waals surface area contributed by atoms with E-state index in [1.54, 1.807) is 0 Å². The van der Waals surface area contributed by atoms with Crippen molar-refractivity contribution in [3.05, 3.63) is 29.3 Å². The highest BCUT2D eigenvalue weighted by molar-refractivity contribution is 8.13. The van der Waals surface area contributed by atoms with Crippen LogP contribution in [0.15, 0.2) is 23.1 Å². The quantitative estimate of drug-likeness (QED) is 0.230. The Bertz CT molecular complexity index is 691. The van der Waals surface area contributed by atoms with Gasteiger partial charge in [-0.25, -0.2) is 21.6 Å². The van der Waals surface area contributed by atoms with E-state index in [0.29, 0.717) is 5.56 Å². The molecule has 0 heterocycles. The average Bonchev–Trinajstić information content (AvgIpc) is 2.41. The van der Waals surface area contributed by atoms with Crippen LogP contribution in [0.4, 0.5) is 0 Å². The molecule has 0 radical (unpaired) electrons. The van der Waals surface area contributed by atoms with Crippen molar-refractivity contribution >= 4 is 36.7 Å². The molecule has 0 aromatic heterocycles. The van der Waals surface area contributed by atoms with E-state index in [9.17, 15) is 21.6 Å². The standard InChI is InChI=1S/C10H12ClNO7S2/c1-18-10(13)8-3-2-7(4-9(8)21(11,16)17)5-12-6-19-20(14)15/h2-4,12,20H,5-6H2,1H3. The molecule has 0 unspecified atom stereocenters. The second-order valence-electron chi connectivity index (χ2n) is 3.68. The predicted molar refractivity (Wildman–Crippen MR) is 73.9 cm³/mol. The van der Waals surface area contributed by atoms with E-state index in [1.807, 2.05) is 0 Å². The maximum Gasteiger partial charge on any atom is 0.339 e. The lowest BCUT2D eigenvalue weighted by atomic mass is 10.1. The summed E-state index contributed by atoms with van der Waals surface area (Å²) in [4.78, 5) is 11.1. The first-order chi connectivity index (χ1) is 9.75. The maximum atomic E-state index is 11.5. The topological polar surface area (TPSA) is 116 Å². The van der Waals surface area contributed by atoms with Crippen molar-refractivity contribution in [2.45, 2.75) is 11.4 Å². The lowest BCUT2D eigenvalue weighted by molar-refractivity contribution is 0.0596. The third-order valence-corrected chi connectivity index (χ3v) is 4.02. The van der Waals surface area contributed by atoms with Crippen LogP contribution in [-0.4, -0.2) is 36.6 Å². The predicted octanol–water partition coefficient (Wildman–Crippen LogP) is -0.00920. The van der Waals surface area contributed by atoms with Crippen molar-refractivity contribution in [2.75, 3.05) is 13.8 Å². The normalized spacial score (nSPS) is 11.6. The van der Waals surface area contributed by atoms with E-state index >= 15 is 0 Å². The third-order valence-electron chi connectivity index (χ3n) is 2.32. The molecule has 0 bridgehead atoms. The van der Waals surface area contributed by atoms with Crippen LogP contribution < -0.4 is 5.32 Å². The van der Waals surface area contributed by atoms with Crippen LogP contribution in [0.3, 0.4) is 0 Å². The fourth-order valence-corrected chi connectivity index (χ4v) is 2.74. The molecule has 1 rings (SSSR count). The molecule has 0 aliphatic rings. The van der Waals surface area contributed by atoms with Gasteiger partial charge < -0.3 is 4.74 Å². The SMILES string of the molecule is COC(=O)c1ccc(CNCO[SH](=O)=O)cc1S(=O)(=O)Cl. The molecule has 0 spiro atoms. The number of thiol groups is 1. The van der Waals surface area contributed by atoms with E-state index in [2.05, 4.69) is 14.2 Å². The largest absolute Gasteiger partial charge is 0.465 e. The molecule has 21 heavy (non-hydrogen) atoms. The van der Waals surface area contributed by atoms with E-state index < -0.39 is 26.0 Å². The Morgan fingerprint density at radius 3 is 2.57 bits per heavy atom. The fourth-order valence-electron chi connectivity index (χ4n) is 1.45. The Morgan fingerprint density at radius 1 is 1.38 bits per heavy atom. The van der Waals surface area contributed by atoms with E-state index in [1.165, 1.54) is 18.2 Å².